The minimum absolute atomic E-state index is 0.504. The molecule has 3 rings (SSSR count). The van der Waals surface area contributed by atoms with Gasteiger partial charge >= 0.3 is 0 Å². The van der Waals surface area contributed by atoms with Gasteiger partial charge in [0.05, 0.1) is 12.1 Å². The lowest BCUT2D eigenvalue weighted by atomic mass is 10.2. The van der Waals surface area contributed by atoms with E-state index in [-0.39, 0.29) is 0 Å². The number of ether oxygens (including phenoxy) is 2. The maximum Gasteiger partial charge on any atom is 0.141 e. The first-order valence-corrected chi connectivity index (χ1v) is 7.25. The van der Waals surface area contributed by atoms with Crippen molar-refractivity contribution < 1.29 is 9.47 Å². The van der Waals surface area contributed by atoms with Gasteiger partial charge in [-0.25, -0.2) is 9.97 Å². The van der Waals surface area contributed by atoms with E-state index in [1.807, 2.05) is 42.5 Å². The van der Waals surface area contributed by atoms with Gasteiger partial charge in [0, 0.05) is 29.9 Å². The minimum atomic E-state index is 0.504. The zero-order valence-corrected chi connectivity index (χ0v) is 12.8. The summed E-state index contributed by atoms with van der Waals surface area (Å²) in [5.74, 6) is 1.50. The second-order valence-corrected chi connectivity index (χ2v) is 4.99. The van der Waals surface area contributed by atoms with Crippen LogP contribution in [0.1, 0.15) is 0 Å². The molecule has 3 aromatic rings. The second kappa shape index (κ2) is 6.93. The summed E-state index contributed by atoms with van der Waals surface area (Å²) in [7, 11) is 1.64. The number of rotatable bonds is 6. The third kappa shape index (κ3) is 3.67. The van der Waals surface area contributed by atoms with Gasteiger partial charge in [0.2, 0.25) is 0 Å². The van der Waals surface area contributed by atoms with Gasteiger partial charge in [-0.1, -0.05) is 0 Å². The van der Waals surface area contributed by atoms with Crippen LogP contribution in [0.15, 0.2) is 48.8 Å². The van der Waals surface area contributed by atoms with Crippen LogP contribution in [0.25, 0.3) is 10.9 Å². The monoisotopic (exact) mass is 310 g/mol. The van der Waals surface area contributed by atoms with Gasteiger partial charge < -0.3 is 20.5 Å². The van der Waals surface area contributed by atoms with Gasteiger partial charge in [0.25, 0.3) is 0 Å². The Balaban J connectivity index is 1.85. The van der Waals surface area contributed by atoms with Crippen molar-refractivity contribution in [3.63, 3.8) is 0 Å². The van der Waals surface area contributed by atoms with Crippen LogP contribution in [0.2, 0.25) is 0 Å². The predicted molar refractivity (Wildman–Crippen MR) is 91.0 cm³/mol. The number of benzene rings is 2. The minimum Gasteiger partial charge on any atom is -0.491 e. The van der Waals surface area contributed by atoms with Crippen molar-refractivity contribution >= 4 is 28.1 Å². The Kier molecular flexibility index (Phi) is 4.54. The number of anilines is 3. The SMILES string of the molecule is COCCOc1ccc2c(Nc3ccc(N)cc3)ncnc2c1. The van der Waals surface area contributed by atoms with Crippen molar-refractivity contribution in [2.24, 2.45) is 0 Å². The Morgan fingerprint density at radius 3 is 2.65 bits per heavy atom. The van der Waals surface area contributed by atoms with Gasteiger partial charge in [0.15, 0.2) is 0 Å². The molecule has 6 nitrogen and oxygen atoms in total. The molecule has 0 aliphatic heterocycles. The van der Waals surface area contributed by atoms with Crippen molar-refractivity contribution in [1.29, 1.82) is 0 Å². The Hall–Kier alpha value is -2.86. The smallest absolute Gasteiger partial charge is 0.141 e. The topological polar surface area (TPSA) is 82.3 Å². The highest BCUT2D eigenvalue weighted by molar-refractivity contribution is 5.91. The molecule has 118 valence electrons. The third-order valence-electron chi connectivity index (χ3n) is 3.34. The summed E-state index contributed by atoms with van der Waals surface area (Å²) in [5, 5.41) is 4.20. The van der Waals surface area contributed by atoms with Crippen LogP contribution in [0.5, 0.6) is 5.75 Å². The quantitative estimate of drug-likeness (QED) is 0.538. The van der Waals surface area contributed by atoms with E-state index in [4.69, 9.17) is 15.2 Å². The molecular weight excluding hydrogens is 292 g/mol. The van der Waals surface area contributed by atoms with Crippen molar-refractivity contribution in [3.05, 3.63) is 48.8 Å². The molecule has 0 aliphatic carbocycles. The average Bonchev–Trinajstić information content (AvgIpc) is 2.57. The average molecular weight is 310 g/mol. The fourth-order valence-corrected chi connectivity index (χ4v) is 2.17. The standard InChI is InChI=1S/C17H18N4O2/c1-22-8-9-23-14-6-7-15-16(10-14)19-11-20-17(15)21-13-4-2-12(18)3-5-13/h2-7,10-11H,8-9,18H2,1H3,(H,19,20,21). The molecule has 0 saturated heterocycles. The number of fused-ring (bicyclic) bond motifs is 1. The molecule has 0 saturated carbocycles. The van der Waals surface area contributed by atoms with Crippen LogP contribution in [-0.2, 0) is 4.74 Å². The molecule has 0 amide bonds. The van der Waals surface area contributed by atoms with Crippen LogP contribution in [0.4, 0.5) is 17.2 Å². The first kappa shape index (κ1) is 15.1. The molecule has 0 spiro atoms. The van der Waals surface area contributed by atoms with Crippen molar-refractivity contribution in [1.82, 2.24) is 9.97 Å². The van der Waals surface area contributed by atoms with Crippen molar-refractivity contribution in [2.75, 3.05) is 31.4 Å². The molecule has 6 heteroatoms. The van der Waals surface area contributed by atoms with Gasteiger partial charge in [-0.2, -0.15) is 0 Å². The van der Waals surface area contributed by atoms with Crippen LogP contribution in [0.3, 0.4) is 0 Å². The van der Waals surface area contributed by atoms with E-state index in [9.17, 15) is 0 Å². The molecule has 3 N–H and O–H groups in total. The molecule has 2 aromatic carbocycles. The van der Waals surface area contributed by atoms with Gasteiger partial charge in [-0.3, -0.25) is 0 Å². The van der Waals surface area contributed by atoms with E-state index in [0.717, 1.165) is 33.8 Å². The van der Waals surface area contributed by atoms with Gasteiger partial charge in [-0.05, 0) is 36.4 Å². The molecule has 0 bridgehead atoms. The molecule has 0 radical (unpaired) electrons. The van der Waals surface area contributed by atoms with E-state index in [2.05, 4.69) is 15.3 Å². The highest BCUT2D eigenvalue weighted by atomic mass is 16.5. The molecular formula is C17H18N4O2. The van der Waals surface area contributed by atoms with Crippen LogP contribution in [0, 0.1) is 0 Å². The number of nitrogen functional groups attached to an aromatic ring is 1. The second-order valence-electron chi connectivity index (χ2n) is 4.99. The number of nitrogens with two attached hydrogens (primary N) is 1. The van der Waals surface area contributed by atoms with E-state index >= 15 is 0 Å². The summed E-state index contributed by atoms with van der Waals surface area (Å²) >= 11 is 0. The zero-order chi connectivity index (χ0) is 16.1. The first-order valence-electron chi connectivity index (χ1n) is 7.25. The van der Waals surface area contributed by atoms with E-state index in [1.54, 1.807) is 7.11 Å². The summed E-state index contributed by atoms with van der Waals surface area (Å²) in [6, 6.07) is 13.2. The fraction of sp³-hybridized carbons (Fsp3) is 0.176. The summed E-state index contributed by atoms with van der Waals surface area (Å²) in [6.07, 6.45) is 1.53. The van der Waals surface area contributed by atoms with E-state index in [1.165, 1.54) is 6.33 Å². The summed E-state index contributed by atoms with van der Waals surface area (Å²) < 4.78 is 10.6. The third-order valence-corrected chi connectivity index (χ3v) is 3.34. The first-order chi connectivity index (χ1) is 11.3. The zero-order valence-electron chi connectivity index (χ0n) is 12.8. The fourth-order valence-electron chi connectivity index (χ4n) is 2.17. The molecule has 0 unspecified atom stereocenters. The largest absolute Gasteiger partial charge is 0.491 e. The number of nitrogens with one attached hydrogen (secondary N) is 1. The maximum atomic E-state index is 5.70. The lowest BCUT2D eigenvalue weighted by Crippen LogP contribution is -2.04. The lowest BCUT2D eigenvalue weighted by molar-refractivity contribution is 0.146. The number of methoxy groups -OCH3 is 1. The summed E-state index contributed by atoms with van der Waals surface area (Å²) in [4.78, 5) is 8.62. The summed E-state index contributed by atoms with van der Waals surface area (Å²) in [6.45, 7) is 1.05. The van der Waals surface area contributed by atoms with Gasteiger partial charge in [-0.15, -0.1) is 0 Å². The highest BCUT2D eigenvalue weighted by Gasteiger charge is 2.06. The Morgan fingerprint density at radius 1 is 1.04 bits per heavy atom. The molecule has 0 fully saturated rings. The highest BCUT2D eigenvalue weighted by Crippen LogP contribution is 2.26. The van der Waals surface area contributed by atoms with E-state index < -0.39 is 0 Å². The molecule has 0 atom stereocenters. The van der Waals surface area contributed by atoms with Crippen molar-refractivity contribution in [2.45, 2.75) is 0 Å². The maximum absolute atomic E-state index is 5.70. The molecule has 0 aliphatic rings. The molecule has 1 aromatic heterocycles. The van der Waals surface area contributed by atoms with Gasteiger partial charge in [0.1, 0.15) is 24.5 Å². The molecule has 23 heavy (non-hydrogen) atoms. The molecule has 1 heterocycles. The van der Waals surface area contributed by atoms with Crippen LogP contribution >= 0.6 is 0 Å². The Labute approximate surface area is 134 Å². The normalized spacial score (nSPS) is 10.7. The number of hydrogen-bond acceptors (Lipinski definition) is 6. The Bertz CT molecular complexity index is 790. The van der Waals surface area contributed by atoms with E-state index in [0.29, 0.717) is 13.2 Å². The Morgan fingerprint density at radius 2 is 1.87 bits per heavy atom. The van der Waals surface area contributed by atoms with Crippen molar-refractivity contribution in [3.8, 4) is 5.75 Å². The number of nitrogens with zero attached hydrogens (tertiary/aromatic N) is 2. The van der Waals surface area contributed by atoms with Crippen LogP contribution < -0.4 is 15.8 Å². The number of hydrogen-bond donors (Lipinski definition) is 2. The summed E-state index contributed by atoms with van der Waals surface area (Å²) in [5.41, 5.74) is 8.15. The number of aromatic nitrogens is 2. The predicted octanol–water partition coefficient (Wildman–Crippen LogP) is 2.98. The lowest BCUT2D eigenvalue weighted by Gasteiger charge is -2.10. The van der Waals surface area contributed by atoms with Crippen LogP contribution in [-0.4, -0.2) is 30.3 Å².